The Labute approximate surface area is 234 Å². The molecule has 3 aromatic carbocycles. The molecule has 0 radical (unpaired) electrons. The summed E-state index contributed by atoms with van der Waals surface area (Å²) in [5.74, 6) is -2.31. The van der Waals surface area contributed by atoms with Gasteiger partial charge in [0.25, 0.3) is 11.8 Å². The minimum Gasteiger partial charge on any atom is -0.490 e. The molecule has 0 saturated carbocycles. The van der Waals surface area contributed by atoms with Gasteiger partial charge in [0, 0.05) is 24.4 Å². The lowest BCUT2D eigenvalue weighted by atomic mass is 9.94. The van der Waals surface area contributed by atoms with Crippen LogP contribution < -0.4 is 15.4 Å². The molecule has 3 aromatic rings. The van der Waals surface area contributed by atoms with Crippen LogP contribution >= 0.6 is 0 Å². The van der Waals surface area contributed by atoms with Crippen molar-refractivity contribution in [2.45, 2.75) is 37.5 Å². The minimum absolute atomic E-state index is 0.0737. The lowest BCUT2D eigenvalue weighted by Crippen LogP contribution is -2.53. The average Bonchev–Trinajstić information content (AvgIpc) is 2.97. The molecule has 2 aliphatic heterocycles. The second kappa shape index (κ2) is 11.7. The van der Waals surface area contributed by atoms with Gasteiger partial charge in [0.05, 0.1) is 41.5 Å². The van der Waals surface area contributed by atoms with Crippen LogP contribution in [-0.2, 0) is 9.53 Å². The summed E-state index contributed by atoms with van der Waals surface area (Å²) in [7, 11) is 1.67. The summed E-state index contributed by atoms with van der Waals surface area (Å²) in [5, 5.41) is 14.1. The first kappa shape index (κ1) is 27.7. The molecule has 1 fully saturated rings. The molecule has 2 heterocycles. The number of carbonyl (C=O) groups excluding carboxylic acids is 3. The van der Waals surface area contributed by atoms with E-state index in [1.807, 2.05) is 6.07 Å². The number of rotatable bonds is 5. The smallest absolute Gasteiger partial charge is 0.257 e. The van der Waals surface area contributed by atoms with Gasteiger partial charge < -0.3 is 25.0 Å². The number of hydrogen-bond donors (Lipinski definition) is 2. The molecule has 0 aromatic heterocycles. The molecule has 0 aliphatic carbocycles. The Kier molecular flexibility index (Phi) is 7.94. The molecule has 0 unspecified atom stereocenters. The molecular formula is C30H26F2N4O5. The van der Waals surface area contributed by atoms with Gasteiger partial charge in [-0.15, -0.1) is 0 Å². The number of amides is 3. The van der Waals surface area contributed by atoms with E-state index in [2.05, 4.69) is 10.6 Å². The van der Waals surface area contributed by atoms with E-state index in [0.717, 1.165) is 18.2 Å². The normalized spacial score (nSPS) is 19.9. The zero-order valence-electron chi connectivity index (χ0n) is 22.0. The van der Waals surface area contributed by atoms with Crippen LogP contribution in [0.2, 0.25) is 0 Å². The Hall–Kier alpha value is -4.82. The molecule has 41 heavy (non-hydrogen) atoms. The predicted octanol–water partition coefficient (Wildman–Crippen LogP) is 4.50. The molecule has 3 amide bonds. The monoisotopic (exact) mass is 560 g/mol. The summed E-state index contributed by atoms with van der Waals surface area (Å²) in [6.45, 7) is 0.114. The Bertz CT molecular complexity index is 1540. The summed E-state index contributed by atoms with van der Waals surface area (Å²) >= 11 is 0. The van der Waals surface area contributed by atoms with E-state index in [1.54, 1.807) is 54.4 Å². The molecule has 210 valence electrons. The van der Waals surface area contributed by atoms with Crippen LogP contribution in [0.5, 0.6) is 5.75 Å². The van der Waals surface area contributed by atoms with E-state index in [-0.39, 0.29) is 36.2 Å². The van der Waals surface area contributed by atoms with Crippen LogP contribution in [0.25, 0.3) is 0 Å². The standard InChI is InChI=1S/C30H26F2N4O5/c1-36-25-10-8-21(14-28(37)35-24-12-19(31)6-9-23(24)32)41-27(25)16-40-26-11-7-20(13-22(26)30(36)39)34-29(38)18-4-2-17(15-33)3-5-18/h2-7,9,11-13,21,25,27H,8,10,14,16H2,1H3,(H,34,38)(H,35,37)/t21-,25+,27-/m1/s1. The number of hydrogen-bond acceptors (Lipinski definition) is 6. The fourth-order valence-electron chi connectivity index (χ4n) is 5.01. The maximum absolute atomic E-state index is 13.9. The molecule has 2 aliphatic rings. The minimum atomic E-state index is -0.742. The fraction of sp³-hybridized carbons (Fsp3) is 0.267. The summed E-state index contributed by atoms with van der Waals surface area (Å²) in [4.78, 5) is 40.2. The lowest BCUT2D eigenvalue weighted by molar-refractivity contribution is -0.130. The van der Waals surface area contributed by atoms with E-state index in [0.29, 0.717) is 35.4 Å². The second-order valence-corrected chi connectivity index (χ2v) is 9.90. The number of anilines is 2. The third-order valence-electron chi connectivity index (χ3n) is 7.16. The Morgan fingerprint density at radius 2 is 1.83 bits per heavy atom. The first-order chi connectivity index (χ1) is 19.7. The van der Waals surface area contributed by atoms with Crippen molar-refractivity contribution in [2.24, 2.45) is 0 Å². The third kappa shape index (κ3) is 6.18. The van der Waals surface area contributed by atoms with Gasteiger partial charge in [-0.2, -0.15) is 5.26 Å². The molecule has 3 atom stereocenters. The quantitative estimate of drug-likeness (QED) is 0.474. The molecule has 0 bridgehead atoms. The van der Waals surface area contributed by atoms with Crippen molar-refractivity contribution in [2.75, 3.05) is 24.3 Å². The zero-order chi connectivity index (χ0) is 29.1. The first-order valence-corrected chi connectivity index (χ1v) is 13.0. The largest absolute Gasteiger partial charge is 0.490 e. The topological polar surface area (TPSA) is 121 Å². The highest BCUT2D eigenvalue weighted by Gasteiger charge is 2.39. The lowest BCUT2D eigenvalue weighted by Gasteiger charge is -2.42. The number of nitriles is 1. The van der Waals surface area contributed by atoms with Crippen molar-refractivity contribution in [3.05, 3.63) is 89.0 Å². The van der Waals surface area contributed by atoms with Crippen molar-refractivity contribution >= 4 is 29.1 Å². The fourth-order valence-corrected chi connectivity index (χ4v) is 5.01. The van der Waals surface area contributed by atoms with Crippen LogP contribution in [0.4, 0.5) is 20.2 Å². The number of fused-ring (bicyclic) bond motifs is 2. The van der Waals surface area contributed by atoms with Crippen LogP contribution in [0.15, 0.2) is 60.7 Å². The van der Waals surface area contributed by atoms with Gasteiger partial charge >= 0.3 is 0 Å². The number of benzene rings is 3. The van der Waals surface area contributed by atoms with Crippen LogP contribution in [0.3, 0.4) is 0 Å². The van der Waals surface area contributed by atoms with E-state index in [9.17, 15) is 23.2 Å². The van der Waals surface area contributed by atoms with E-state index < -0.39 is 35.7 Å². The molecule has 1 saturated heterocycles. The Morgan fingerprint density at radius 3 is 2.59 bits per heavy atom. The van der Waals surface area contributed by atoms with Crippen LogP contribution in [-0.4, -0.2) is 54.5 Å². The van der Waals surface area contributed by atoms with Crippen molar-refractivity contribution in [3.8, 4) is 11.8 Å². The van der Waals surface area contributed by atoms with Gasteiger partial charge in [-0.25, -0.2) is 8.78 Å². The molecule has 11 heteroatoms. The molecule has 5 rings (SSSR count). The highest BCUT2D eigenvalue weighted by atomic mass is 19.1. The summed E-state index contributed by atoms with van der Waals surface area (Å²) in [6, 6.07) is 15.4. The third-order valence-corrected chi connectivity index (χ3v) is 7.16. The Balaban J connectivity index is 1.25. The SMILES string of the molecule is CN1C(=O)c2cc(NC(=O)c3ccc(C#N)cc3)ccc2OC[C@H]2O[C@@H](CC(=O)Nc3cc(F)ccc3F)CC[C@@H]21. The van der Waals surface area contributed by atoms with Gasteiger partial charge in [-0.1, -0.05) is 0 Å². The van der Waals surface area contributed by atoms with Gasteiger partial charge in [0.2, 0.25) is 5.91 Å². The van der Waals surface area contributed by atoms with Crippen molar-refractivity contribution < 1.29 is 32.6 Å². The van der Waals surface area contributed by atoms with Crippen LogP contribution in [0, 0.1) is 23.0 Å². The summed E-state index contributed by atoms with van der Waals surface area (Å²) < 4.78 is 39.4. The number of nitrogens with zero attached hydrogens (tertiary/aromatic N) is 2. The maximum atomic E-state index is 13.9. The number of nitrogens with one attached hydrogen (secondary N) is 2. The number of carbonyl (C=O) groups is 3. The van der Waals surface area contributed by atoms with Crippen molar-refractivity contribution in [1.29, 1.82) is 5.26 Å². The predicted molar refractivity (Wildman–Crippen MR) is 144 cm³/mol. The highest BCUT2D eigenvalue weighted by molar-refractivity contribution is 6.05. The number of ether oxygens (including phenoxy) is 2. The van der Waals surface area contributed by atoms with E-state index in [1.165, 1.54) is 0 Å². The molecule has 9 nitrogen and oxygen atoms in total. The van der Waals surface area contributed by atoms with Crippen molar-refractivity contribution in [3.63, 3.8) is 0 Å². The molecule has 2 N–H and O–H groups in total. The van der Waals surface area contributed by atoms with E-state index >= 15 is 0 Å². The average molecular weight is 561 g/mol. The maximum Gasteiger partial charge on any atom is 0.257 e. The van der Waals surface area contributed by atoms with Gasteiger partial charge in [0.15, 0.2) is 0 Å². The van der Waals surface area contributed by atoms with Crippen LogP contribution in [0.1, 0.15) is 45.5 Å². The van der Waals surface area contributed by atoms with Gasteiger partial charge in [0.1, 0.15) is 30.1 Å². The number of likely N-dealkylation sites (N-methyl/N-ethyl adjacent to an activating group) is 1. The summed E-state index contributed by atoms with van der Waals surface area (Å²) in [6.07, 6.45) is -0.0994. The summed E-state index contributed by atoms with van der Waals surface area (Å²) in [5.41, 5.74) is 1.24. The zero-order valence-corrected chi connectivity index (χ0v) is 22.0. The van der Waals surface area contributed by atoms with Gasteiger partial charge in [-0.3, -0.25) is 14.4 Å². The van der Waals surface area contributed by atoms with E-state index in [4.69, 9.17) is 14.7 Å². The van der Waals surface area contributed by atoms with Crippen molar-refractivity contribution in [1.82, 2.24) is 4.90 Å². The highest BCUT2D eigenvalue weighted by Crippen LogP contribution is 2.33. The molecular weight excluding hydrogens is 534 g/mol. The second-order valence-electron chi connectivity index (χ2n) is 9.90. The number of halogens is 2. The Morgan fingerprint density at radius 1 is 1.05 bits per heavy atom. The molecule has 0 spiro atoms. The van der Waals surface area contributed by atoms with Gasteiger partial charge in [-0.05, 0) is 67.4 Å². The first-order valence-electron chi connectivity index (χ1n) is 13.0.